The first-order valence-electron chi connectivity index (χ1n) is 5.20. The highest BCUT2D eigenvalue weighted by molar-refractivity contribution is 6.06. The highest BCUT2D eigenvalue weighted by Gasteiger charge is 2.14. The third kappa shape index (κ3) is 2.29. The van der Waals surface area contributed by atoms with E-state index in [2.05, 4.69) is 15.4 Å². The molecule has 18 heavy (non-hydrogen) atoms. The molecule has 2 heterocycles. The van der Waals surface area contributed by atoms with Gasteiger partial charge in [-0.3, -0.25) is 9.48 Å². The number of pyridine rings is 1. The minimum atomic E-state index is -0.615. The van der Waals surface area contributed by atoms with Gasteiger partial charge in [0.25, 0.3) is 5.91 Å². The van der Waals surface area contributed by atoms with E-state index in [1.54, 1.807) is 20.0 Å². The van der Waals surface area contributed by atoms with E-state index in [1.165, 1.54) is 4.68 Å². The number of amides is 1. The SMILES string of the molecule is Cc1cc(NC(=O)c2cc(F)cnc2N)n(C)n1. The Bertz CT molecular complexity index is 607. The van der Waals surface area contributed by atoms with Crippen molar-refractivity contribution in [2.45, 2.75) is 6.92 Å². The van der Waals surface area contributed by atoms with E-state index in [0.717, 1.165) is 18.0 Å². The van der Waals surface area contributed by atoms with Gasteiger partial charge in [-0.25, -0.2) is 9.37 Å². The van der Waals surface area contributed by atoms with Crippen molar-refractivity contribution >= 4 is 17.5 Å². The molecular formula is C11H12FN5O. The lowest BCUT2D eigenvalue weighted by molar-refractivity contribution is 0.102. The molecule has 0 aromatic carbocycles. The first kappa shape index (κ1) is 12.0. The molecule has 0 radical (unpaired) electrons. The predicted octanol–water partition coefficient (Wildman–Crippen LogP) is 1.10. The minimum Gasteiger partial charge on any atom is -0.383 e. The number of carbonyl (C=O) groups excluding carboxylic acids is 1. The second kappa shape index (κ2) is 4.44. The number of aryl methyl sites for hydroxylation is 2. The third-order valence-electron chi connectivity index (χ3n) is 2.37. The molecule has 0 atom stereocenters. The van der Waals surface area contributed by atoms with Gasteiger partial charge in [0.1, 0.15) is 17.5 Å². The molecular weight excluding hydrogens is 237 g/mol. The maximum absolute atomic E-state index is 13.0. The first-order chi connectivity index (χ1) is 8.47. The van der Waals surface area contributed by atoms with E-state index in [-0.39, 0.29) is 11.4 Å². The van der Waals surface area contributed by atoms with Crippen LogP contribution in [-0.2, 0) is 7.05 Å². The summed E-state index contributed by atoms with van der Waals surface area (Å²) in [4.78, 5) is 15.5. The van der Waals surface area contributed by atoms with Crippen molar-refractivity contribution in [3.8, 4) is 0 Å². The van der Waals surface area contributed by atoms with Crippen LogP contribution in [0.3, 0.4) is 0 Å². The van der Waals surface area contributed by atoms with Crippen molar-refractivity contribution in [1.29, 1.82) is 0 Å². The van der Waals surface area contributed by atoms with Crippen LogP contribution in [0.4, 0.5) is 16.0 Å². The van der Waals surface area contributed by atoms with Crippen molar-refractivity contribution in [3.05, 3.63) is 35.4 Å². The monoisotopic (exact) mass is 249 g/mol. The van der Waals surface area contributed by atoms with Gasteiger partial charge >= 0.3 is 0 Å². The highest BCUT2D eigenvalue weighted by atomic mass is 19.1. The smallest absolute Gasteiger partial charge is 0.260 e. The number of nitrogen functional groups attached to an aromatic ring is 1. The Morgan fingerprint density at radius 3 is 2.83 bits per heavy atom. The zero-order valence-electron chi connectivity index (χ0n) is 9.94. The van der Waals surface area contributed by atoms with E-state index in [1.807, 2.05) is 0 Å². The molecule has 0 fully saturated rings. The Morgan fingerprint density at radius 1 is 1.50 bits per heavy atom. The molecule has 7 heteroatoms. The van der Waals surface area contributed by atoms with E-state index >= 15 is 0 Å². The molecule has 1 amide bonds. The van der Waals surface area contributed by atoms with Gasteiger partial charge in [-0.05, 0) is 13.0 Å². The number of anilines is 2. The molecule has 0 saturated carbocycles. The number of carbonyl (C=O) groups is 1. The fourth-order valence-electron chi connectivity index (χ4n) is 1.54. The van der Waals surface area contributed by atoms with Crippen LogP contribution in [0.5, 0.6) is 0 Å². The average molecular weight is 249 g/mol. The van der Waals surface area contributed by atoms with E-state index in [4.69, 9.17) is 5.73 Å². The van der Waals surface area contributed by atoms with Crippen molar-refractivity contribution in [3.63, 3.8) is 0 Å². The normalized spacial score (nSPS) is 10.4. The van der Waals surface area contributed by atoms with Crippen molar-refractivity contribution in [2.24, 2.45) is 7.05 Å². The number of halogens is 1. The molecule has 2 aromatic heterocycles. The van der Waals surface area contributed by atoms with E-state index < -0.39 is 11.7 Å². The number of hydrogen-bond donors (Lipinski definition) is 2. The summed E-state index contributed by atoms with van der Waals surface area (Å²) in [5.74, 6) is -0.660. The largest absolute Gasteiger partial charge is 0.383 e. The van der Waals surface area contributed by atoms with Crippen LogP contribution in [0.1, 0.15) is 16.1 Å². The molecule has 2 rings (SSSR count). The van der Waals surface area contributed by atoms with Crippen LogP contribution in [0.2, 0.25) is 0 Å². The Labute approximate surface area is 103 Å². The topological polar surface area (TPSA) is 85.8 Å². The Hall–Kier alpha value is -2.44. The van der Waals surface area contributed by atoms with Crippen molar-refractivity contribution in [2.75, 3.05) is 11.1 Å². The summed E-state index contributed by atoms with van der Waals surface area (Å²) in [5.41, 5.74) is 6.28. The summed E-state index contributed by atoms with van der Waals surface area (Å²) in [6.45, 7) is 1.80. The molecule has 0 spiro atoms. The second-order valence-corrected chi connectivity index (χ2v) is 3.84. The van der Waals surface area contributed by atoms with Crippen LogP contribution in [0.25, 0.3) is 0 Å². The van der Waals surface area contributed by atoms with E-state index in [0.29, 0.717) is 5.82 Å². The maximum Gasteiger partial charge on any atom is 0.260 e. The van der Waals surface area contributed by atoms with Crippen LogP contribution in [-0.4, -0.2) is 20.7 Å². The summed E-state index contributed by atoms with van der Waals surface area (Å²) in [5, 5.41) is 6.67. The number of hydrogen-bond acceptors (Lipinski definition) is 4. The number of aromatic nitrogens is 3. The van der Waals surface area contributed by atoms with Gasteiger partial charge in [-0.15, -0.1) is 0 Å². The van der Waals surface area contributed by atoms with Crippen molar-refractivity contribution < 1.29 is 9.18 Å². The lowest BCUT2D eigenvalue weighted by atomic mass is 10.2. The van der Waals surface area contributed by atoms with Gasteiger partial charge < -0.3 is 11.1 Å². The van der Waals surface area contributed by atoms with Crippen LogP contribution in [0.15, 0.2) is 18.3 Å². The molecule has 94 valence electrons. The van der Waals surface area contributed by atoms with Gasteiger partial charge in [0.2, 0.25) is 0 Å². The molecule has 3 N–H and O–H groups in total. The minimum absolute atomic E-state index is 0.00569. The van der Waals surface area contributed by atoms with E-state index in [9.17, 15) is 9.18 Å². The highest BCUT2D eigenvalue weighted by Crippen LogP contribution is 2.14. The number of nitrogens with zero attached hydrogens (tertiary/aromatic N) is 3. The average Bonchev–Trinajstić information content (AvgIpc) is 2.61. The summed E-state index contributed by atoms with van der Waals surface area (Å²) in [6.07, 6.45) is 0.959. The number of rotatable bonds is 2. The molecule has 0 aliphatic heterocycles. The van der Waals surface area contributed by atoms with Gasteiger partial charge in [0.15, 0.2) is 0 Å². The molecule has 0 aliphatic rings. The van der Waals surface area contributed by atoms with Crippen LogP contribution in [0, 0.1) is 12.7 Å². The molecule has 2 aromatic rings. The molecule has 0 saturated heterocycles. The molecule has 0 bridgehead atoms. The fraction of sp³-hybridized carbons (Fsp3) is 0.182. The lowest BCUT2D eigenvalue weighted by Crippen LogP contribution is -2.17. The summed E-state index contributed by atoms with van der Waals surface area (Å²) < 4.78 is 14.5. The summed E-state index contributed by atoms with van der Waals surface area (Å²) in [6, 6.07) is 2.74. The van der Waals surface area contributed by atoms with Crippen molar-refractivity contribution in [1.82, 2.24) is 14.8 Å². The van der Waals surface area contributed by atoms with Crippen LogP contribution < -0.4 is 11.1 Å². The third-order valence-corrected chi connectivity index (χ3v) is 2.37. The zero-order chi connectivity index (χ0) is 13.3. The Balaban J connectivity index is 2.27. The van der Waals surface area contributed by atoms with Gasteiger partial charge in [0.05, 0.1) is 17.5 Å². The first-order valence-corrected chi connectivity index (χ1v) is 5.20. The number of nitrogens with two attached hydrogens (primary N) is 1. The zero-order valence-corrected chi connectivity index (χ0v) is 9.94. The Kier molecular flexibility index (Phi) is 2.97. The Morgan fingerprint density at radius 2 is 2.22 bits per heavy atom. The summed E-state index contributed by atoms with van der Waals surface area (Å²) in [7, 11) is 1.69. The predicted molar refractivity (Wildman–Crippen MR) is 64.5 cm³/mol. The molecule has 0 unspecified atom stereocenters. The summed E-state index contributed by atoms with van der Waals surface area (Å²) >= 11 is 0. The molecule has 0 aliphatic carbocycles. The lowest BCUT2D eigenvalue weighted by Gasteiger charge is -2.06. The fourth-order valence-corrected chi connectivity index (χ4v) is 1.54. The standard InChI is InChI=1S/C11H12FN5O/c1-6-3-9(17(2)16-6)15-11(18)8-4-7(12)5-14-10(8)13/h3-5H,1-2H3,(H2,13,14)(H,15,18). The quantitative estimate of drug-likeness (QED) is 0.834. The van der Waals surface area contributed by atoms with Gasteiger partial charge in [-0.1, -0.05) is 0 Å². The van der Waals surface area contributed by atoms with Crippen LogP contribution >= 0.6 is 0 Å². The van der Waals surface area contributed by atoms with Gasteiger partial charge in [0, 0.05) is 13.1 Å². The van der Waals surface area contributed by atoms with Gasteiger partial charge in [-0.2, -0.15) is 5.10 Å². The molecule has 6 nitrogen and oxygen atoms in total. The second-order valence-electron chi connectivity index (χ2n) is 3.84. The number of nitrogens with one attached hydrogen (secondary N) is 1. The maximum atomic E-state index is 13.0.